The lowest BCUT2D eigenvalue weighted by molar-refractivity contribution is -0.140. The summed E-state index contributed by atoms with van der Waals surface area (Å²) in [4.78, 5) is 17.4. The van der Waals surface area contributed by atoms with Crippen molar-refractivity contribution in [2.24, 2.45) is 10.2 Å². The Morgan fingerprint density at radius 3 is 2.68 bits per heavy atom. The second-order valence-electron chi connectivity index (χ2n) is 5.92. The molecule has 0 amide bonds. The zero-order valence-electron chi connectivity index (χ0n) is 15.4. The smallest absolute Gasteiger partial charge is 0.302 e. The molecule has 8 heteroatoms. The van der Waals surface area contributed by atoms with Gasteiger partial charge in [0, 0.05) is 19.2 Å². The third-order valence-electron chi connectivity index (χ3n) is 3.91. The Kier molecular flexibility index (Phi) is 6.65. The van der Waals surface area contributed by atoms with E-state index in [4.69, 9.17) is 10.00 Å². The number of fused-ring (bicyclic) bond motifs is 1. The van der Waals surface area contributed by atoms with Crippen LogP contribution >= 0.6 is 11.3 Å². The zero-order valence-corrected chi connectivity index (χ0v) is 16.2. The van der Waals surface area contributed by atoms with Gasteiger partial charge in [-0.2, -0.15) is 5.26 Å². The lowest BCUT2D eigenvalue weighted by Crippen LogP contribution is -2.28. The van der Waals surface area contributed by atoms with E-state index in [2.05, 4.69) is 21.3 Å². The van der Waals surface area contributed by atoms with Gasteiger partial charge in [0.25, 0.3) is 0 Å². The van der Waals surface area contributed by atoms with Crippen LogP contribution in [0.3, 0.4) is 0 Å². The first-order chi connectivity index (χ1) is 13.7. The summed E-state index contributed by atoms with van der Waals surface area (Å²) in [5.74, 6) is -0.314. The van der Waals surface area contributed by atoms with Crippen LogP contribution in [0, 0.1) is 11.3 Å². The molecule has 0 aliphatic heterocycles. The van der Waals surface area contributed by atoms with Crippen molar-refractivity contribution in [1.82, 2.24) is 4.98 Å². The Bertz CT molecular complexity index is 974. The van der Waals surface area contributed by atoms with Gasteiger partial charge in [-0.25, -0.2) is 4.98 Å². The summed E-state index contributed by atoms with van der Waals surface area (Å²) in [6.07, 6.45) is 0.388. The minimum absolute atomic E-state index is 0.278. The molecule has 0 aliphatic carbocycles. The zero-order chi connectivity index (χ0) is 19.8. The number of esters is 1. The fraction of sp³-hybridized carbons (Fsp3) is 0.250. The number of anilines is 1. The van der Waals surface area contributed by atoms with E-state index in [9.17, 15) is 4.79 Å². The summed E-state index contributed by atoms with van der Waals surface area (Å²) < 4.78 is 6.08. The summed E-state index contributed by atoms with van der Waals surface area (Å²) in [5, 5.41) is 17.9. The second kappa shape index (κ2) is 9.58. The Labute approximate surface area is 166 Å². The van der Waals surface area contributed by atoms with Crippen LogP contribution in [0.15, 0.2) is 58.8 Å². The van der Waals surface area contributed by atoms with E-state index in [1.54, 1.807) is 0 Å². The number of carbonyl (C=O) groups excluding carboxylic acids is 1. The van der Waals surface area contributed by atoms with E-state index in [1.165, 1.54) is 18.3 Å². The molecule has 0 saturated carbocycles. The topological polar surface area (TPSA) is 90.9 Å². The molecule has 3 rings (SSSR count). The van der Waals surface area contributed by atoms with Gasteiger partial charge in [0.1, 0.15) is 6.61 Å². The van der Waals surface area contributed by atoms with Crippen molar-refractivity contribution in [3.63, 3.8) is 0 Å². The highest BCUT2D eigenvalue weighted by atomic mass is 32.1. The van der Waals surface area contributed by atoms with Crippen molar-refractivity contribution in [3.8, 4) is 6.07 Å². The average molecular weight is 393 g/mol. The molecule has 1 heterocycles. The Morgan fingerprint density at radius 2 is 1.96 bits per heavy atom. The minimum atomic E-state index is -0.314. The molecular weight excluding hydrogens is 374 g/mol. The maximum Gasteiger partial charge on any atom is 0.302 e. The van der Waals surface area contributed by atoms with E-state index in [0.29, 0.717) is 30.3 Å². The monoisotopic (exact) mass is 393 g/mol. The SMILES string of the molecule is CC(=O)OCCN(CCC#N)c1ccc(N=Nc2nc3ccccc3s2)cc1. The molecule has 0 radical (unpaired) electrons. The third-order valence-corrected chi connectivity index (χ3v) is 4.83. The first-order valence-corrected chi connectivity index (χ1v) is 9.60. The van der Waals surface area contributed by atoms with Gasteiger partial charge in [-0.15, -0.1) is 10.2 Å². The highest BCUT2D eigenvalue weighted by Crippen LogP contribution is 2.29. The van der Waals surface area contributed by atoms with Gasteiger partial charge in [-0.3, -0.25) is 4.79 Å². The van der Waals surface area contributed by atoms with Crippen LogP contribution in [0.1, 0.15) is 13.3 Å². The number of ether oxygens (including phenoxy) is 1. The van der Waals surface area contributed by atoms with E-state index in [-0.39, 0.29) is 12.6 Å². The quantitative estimate of drug-likeness (QED) is 0.397. The molecule has 3 aromatic rings. The maximum atomic E-state index is 10.9. The molecular formula is C20H19N5O2S. The number of carbonyl (C=O) groups is 1. The van der Waals surface area contributed by atoms with Crippen molar-refractivity contribution in [2.75, 3.05) is 24.6 Å². The molecule has 7 nitrogen and oxygen atoms in total. The molecule has 0 fully saturated rings. The van der Waals surface area contributed by atoms with Gasteiger partial charge >= 0.3 is 5.97 Å². The first kappa shape index (κ1) is 19.5. The van der Waals surface area contributed by atoms with Gasteiger partial charge in [0.2, 0.25) is 5.13 Å². The van der Waals surface area contributed by atoms with Crippen LogP contribution in [0.2, 0.25) is 0 Å². The molecule has 0 aliphatic rings. The highest BCUT2D eigenvalue weighted by molar-refractivity contribution is 7.21. The van der Waals surface area contributed by atoms with Crippen molar-refractivity contribution in [1.29, 1.82) is 5.26 Å². The predicted octanol–water partition coefficient (Wildman–Crippen LogP) is 4.99. The summed E-state index contributed by atoms with van der Waals surface area (Å²) in [5.41, 5.74) is 2.56. The predicted molar refractivity (Wildman–Crippen MR) is 109 cm³/mol. The molecule has 28 heavy (non-hydrogen) atoms. The molecule has 0 spiro atoms. The number of aromatic nitrogens is 1. The lowest BCUT2D eigenvalue weighted by Gasteiger charge is -2.23. The highest BCUT2D eigenvalue weighted by Gasteiger charge is 2.07. The molecule has 2 aromatic carbocycles. The Hall–Kier alpha value is -3.31. The van der Waals surface area contributed by atoms with Crippen molar-refractivity contribution in [2.45, 2.75) is 13.3 Å². The molecule has 0 saturated heterocycles. The molecule has 0 N–H and O–H groups in total. The summed E-state index contributed by atoms with van der Waals surface area (Å²) in [6.45, 7) is 2.74. The molecule has 142 valence electrons. The summed E-state index contributed by atoms with van der Waals surface area (Å²) >= 11 is 1.49. The first-order valence-electron chi connectivity index (χ1n) is 8.78. The standard InChI is InChI=1S/C20H19N5O2S/c1-15(26)27-14-13-25(12-4-11-21)17-9-7-16(8-10-17)23-24-20-22-18-5-2-3-6-19(18)28-20/h2-3,5-10H,4,12-14H2,1H3. The largest absolute Gasteiger partial charge is 0.464 e. The van der Waals surface area contributed by atoms with Gasteiger partial charge in [-0.05, 0) is 36.4 Å². The van der Waals surface area contributed by atoms with Gasteiger partial charge in [0.15, 0.2) is 0 Å². The fourth-order valence-electron chi connectivity index (χ4n) is 2.59. The van der Waals surface area contributed by atoms with Gasteiger partial charge in [-0.1, -0.05) is 23.5 Å². The van der Waals surface area contributed by atoms with Crippen molar-refractivity contribution < 1.29 is 9.53 Å². The summed E-state index contributed by atoms with van der Waals surface area (Å²) in [7, 11) is 0. The van der Waals surface area contributed by atoms with E-state index < -0.39 is 0 Å². The Morgan fingerprint density at radius 1 is 1.18 bits per heavy atom. The van der Waals surface area contributed by atoms with Crippen LogP contribution in [0.5, 0.6) is 0 Å². The number of hydrogen-bond acceptors (Lipinski definition) is 8. The number of para-hydroxylation sites is 1. The van der Waals surface area contributed by atoms with Crippen LogP contribution in [0.4, 0.5) is 16.5 Å². The van der Waals surface area contributed by atoms with Crippen LogP contribution in [0.25, 0.3) is 10.2 Å². The molecule has 0 unspecified atom stereocenters. The lowest BCUT2D eigenvalue weighted by atomic mass is 10.2. The van der Waals surface area contributed by atoms with Crippen molar-refractivity contribution >= 4 is 44.0 Å². The number of rotatable bonds is 8. The summed E-state index contributed by atoms with van der Waals surface area (Å²) in [6, 6.07) is 17.6. The van der Waals surface area contributed by atoms with Crippen LogP contribution in [-0.2, 0) is 9.53 Å². The number of azo groups is 1. The second-order valence-corrected chi connectivity index (χ2v) is 6.92. The fourth-order valence-corrected chi connectivity index (χ4v) is 3.38. The molecule has 0 atom stereocenters. The van der Waals surface area contributed by atoms with Gasteiger partial charge < -0.3 is 9.64 Å². The number of benzene rings is 2. The van der Waals surface area contributed by atoms with Crippen molar-refractivity contribution in [3.05, 3.63) is 48.5 Å². The third kappa shape index (κ3) is 5.34. The normalized spacial score (nSPS) is 10.9. The average Bonchev–Trinajstić information content (AvgIpc) is 3.12. The Balaban J connectivity index is 1.67. The number of nitrogens with zero attached hydrogens (tertiary/aromatic N) is 5. The number of hydrogen-bond donors (Lipinski definition) is 0. The maximum absolute atomic E-state index is 10.9. The van der Waals surface area contributed by atoms with E-state index in [0.717, 1.165) is 15.9 Å². The molecule has 1 aromatic heterocycles. The minimum Gasteiger partial charge on any atom is -0.464 e. The van der Waals surface area contributed by atoms with E-state index >= 15 is 0 Å². The van der Waals surface area contributed by atoms with Crippen LogP contribution in [-0.4, -0.2) is 30.6 Å². The van der Waals surface area contributed by atoms with Crippen LogP contribution < -0.4 is 4.90 Å². The molecule has 0 bridgehead atoms. The number of thiazole rings is 1. The van der Waals surface area contributed by atoms with Gasteiger partial charge in [0.05, 0.1) is 34.9 Å². The number of nitriles is 1. The van der Waals surface area contributed by atoms with E-state index in [1.807, 2.05) is 53.4 Å².